The molecule has 0 aromatic carbocycles. The minimum Gasteiger partial charge on any atom is -0.372 e. The molecule has 1 unspecified atom stereocenters. The molecule has 0 saturated carbocycles. The van der Waals surface area contributed by atoms with E-state index >= 15 is 0 Å². The van der Waals surface area contributed by atoms with Crippen molar-refractivity contribution in [3.63, 3.8) is 0 Å². The number of hydrogen-bond acceptors (Lipinski definition) is 5. The van der Waals surface area contributed by atoms with Crippen LogP contribution in [0.5, 0.6) is 0 Å². The number of aromatic nitrogens is 4. The lowest BCUT2D eigenvalue weighted by molar-refractivity contribution is -0.0182. The van der Waals surface area contributed by atoms with Gasteiger partial charge in [-0.2, -0.15) is 10.2 Å². The van der Waals surface area contributed by atoms with Gasteiger partial charge in [-0.3, -0.25) is 14.4 Å². The fourth-order valence-corrected chi connectivity index (χ4v) is 4.75. The van der Waals surface area contributed by atoms with E-state index in [0.717, 1.165) is 57.7 Å². The average molecular weight is 369 g/mol. The van der Waals surface area contributed by atoms with Crippen molar-refractivity contribution in [1.82, 2.24) is 24.5 Å². The van der Waals surface area contributed by atoms with Crippen molar-refractivity contribution in [3.8, 4) is 0 Å². The van der Waals surface area contributed by atoms with Gasteiger partial charge in [-0.05, 0) is 31.2 Å². The molecule has 1 aliphatic carbocycles. The van der Waals surface area contributed by atoms with Crippen LogP contribution in [0.15, 0.2) is 17.1 Å². The number of hydrogen-bond donors (Lipinski definition) is 0. The molecule has 1 saturated heterocycles. The fourth-order valence-electron chi connectivity index (χ4n) is 4.75. The molecule has 4 heterocycles. The highest BCUT2D eigenvalue weighted by Gasteiger charge is 2.33. The normalized spacial score (nSPS) is 22.9. The summed E-state index contributed by atoms with van der Waals surface area (Å²) in [6.07, 6.45) is 7.40. The first kappa shape index (κ1) is 17.1. The molecule has 0 bridgehead atoms. The van der Waals surface area contributed by atoms with Crippen molar-refractivity contribution in [3.05, 3.63) is 45.1 Å². The van der Waals surface area contributed by atoms with Crippen LogP contribution in [0.25, 0.3) is 0 Å². The van der Waals surface area contributed by atoms with Gasteiger partial charge in [-0.25, -0.2) is 4.68 Å². The maximum absolute atomic E-state index is 12.4. The minimum atomic E-state index is 0.0599. The first-order valence-corrected chi connectivity index (χ1v) is 10.1. The number of rotatable bonds is 4. The first-order chi connectivity index (χ1) is 13.2. The van der Waals surface area contributed by atoms with Crippen LogP contribution in [0.2, 0.25) is 0 Å². The van der Waals surface area contributed by atoms with E-state index < -0.39 is 0 Å². The Kier molecular flexibility index (Phi) is 4.36. The molecular formula is C20H27N5O2. The van der Waals surface area contributed by atoms with Gasteiger partial charge in [-0.15, -0.1) is 0 Å². The molecule has 2 aliphatic heterocycles. The molecule has 27 heavy (non-hydrogen) atoms. The molecule has 7 heteroatoms. The zero-order valence-corrected chi connectivity index (χ0v) is 15.9. The Hall–Kier alpha value is -1.99. The topological polar surface area (TPSA) is 65.2 Å². The summed E-state index contributed by atoms with van der Waals surface area (Å²) in [4.78, 5) is 14.8. The second-order valence-corrected chi connectivity index (χ2v) is 8.21. The van der Waals surface area contributed by atoms with Crippen molar-refractivity contribution in [2.75, 3.05) is 26.2 Å². The third-order valence-electron chi connectivity index (χ3n) is 6.26. The highest BCUT2D eigenvalue weighted by molar-refractivity contribution is 5.23. The Balaban J connectivity index is 1.19. The molecule has 1 atom stereocenters. The predicted octanol–water partition coefficient (Wildman–Crippen LogP) is 1.10. The van der Waals surface area contributed by atoms with Gasteiger partial charge in [-0.1, -0.05) is 0 Å². The summed E-state index contributed by atoms with van der Waals surface area (Å²) in [6.45, 7) is 4.40. The van der Waals surface area contributed by atoms with Crippen LogP contribution in [-0.4, -0.2) is 50.7 Å². The lowest BCUT2D eigenvalue weighted by atomic mass is 9.96. The SMILES string of the molecule is Cn1ncc2c1CCOC2CN1CC(Cn2nc3c(cc2=O)CCCC3)C1. The van der Waals surface area contributed by atoms with Crippen molar-refractivity contribution < 1.29 is 4.74 Å². The van der Waals surface area contributed by atoms with Gasteiger partial charge >= 0.3 is 0 Å². The Bertz CT molecular complexity index is 896. The standard InChI is InChI=1S/C20H27N5O2/c1-23-18-6-7-27-19(16(18)9-21-23)13-24-10-14(11-24)12-25-20(26)8-15-4-2-3-5-17(15)22-25/h8-9,14,19H,2-7,10-13H2,1H3. The number of fused-ring (bicyclic) bond motifs is 2. The van der Waals surface area contributed by atoms with Gasteiger partial charge in [0.2, 0.25) is 0 Å². The summed E-state index contributed by atoms with van der Waals surface area (Å²) in [5.41, 5.74) is 4.90. The van der Waals surface area contributed by atoms with Gasteiger partial charge < -0.3 is 4.74 Å². The van der Waals surface area contributed by atoms with E-state index in [9.17, 15) is 4.79 Å². The van der Waals surface area contributed by atoms with Crippen LogP contribution in [0.1, 0.15) is 41.5 Å². The number of likely N-dealkylation sites (tertiary alicyclic amines) is 1. The summed E-state index contributed by atoms with van der Waals surface area (Å²) < 4.78 is 9.66. The molecule has 2 aromatic rings. The maximum atomic E-state index is 12.4. The molecule has 5 rings (SSSR count). The number of nitrogens with zero attached hydrogens (tertiary/aromatic N) is 5. The predicted molar refractivity (Wildman–Crippen MR) is 101 cm³/mol. The number of aryl methyl sites for hydroxylation is 3. The summed E-state index contributed by atoms with van der Waals surface area (Å²) in [7, 11) is 2.00. The van der Waals surface area contributed by atoms with E-state index in [1.165, 1.54) is 29.7 Å². The second kappa shape index (κ2) is 6.87. The van der Waals surface area contributed by atoms with Gasteiger partial charge in [0, 0.05) is 56.3 Å². The first-order valence-electron chi connectivity index (χ1n) is 10.1. The van der Waals surface area contributed by atoms with Crippen LogP contribution >= 0.6 is 0 Å². The van der Waals surface area contributed by atoms with E-state index in [-0.39, 0.29) is 11.7 Å². The smallest absolute Gasteiger partial charge is 0.267 e. The molecule has 0 N–H and O–H groups in total. The number of ether oxygens (including phenoxy) is 1. The molecule has 7 nitrogen and oxygen atoms in total. The van der Waals surface area contributed by atoms with E-state index in [2.05, 4.69) is 15.1 Å². The Labute approximate surface area is 158 Å². The highest BCUT2D eigenvalue weighted by Crippen LogP contribution is 2.29. The van der Waals surface area contributed by atoms with E-state index in [1.807, 2.05) is 24.0 Å². The fraction of sp³-hybridized carbons (Fsp3) is 0.650. The van der Waals surface area contributed by atoms with Crippen LogP contribution in [0, 0.1) is 5.92 Å². The molecule has 0 amide bonds. The Morgan fingerprint density at radius 1 is 1.19 bits per heavy atom. The Morgan fingerprint density at radius 2 is 2.04 bits per heavy atom. The highest BCUT2D eigenvalue weighted by atomic mass is 16.5. The van der Waals surface area contributed by atoms with Crippen LogP contribution in [0.3, 0.4) is 0 Å². The quantitative estimate of drug-likeness (QED) is 0.808. The third-order valence-corrected chi connectivity index (χ3v) is 6.26. The van der Waals surface area contributed by atoms with Crippen molar-refractivity contribution in [2.24, 2.45) is 13.0 Å². The van der Waals surface area contributed by atoms with Crippen molar-refractivity contribution in [2.45, 2.75) is 44.8 Å². The second-order valence-electron chi connectivity index (χ2n) is 8.21. The van der Waals surface area contributed by atoms with Crippen LogP contribution in [0.4, 0.5) is 0 Å². The summed E-state index contributed by atoms with van der Waals surface area (Å²) in [5.74, 6) is 0.494. The van der Waals surface area contributed by atoms with E-state index in [1.54, 1.807) is 4.68 Å². The monoisotopic (exact) mass is 369 g/mol. The molecule has 2 aromatic heterocycles. The maximum Gasteiger partial charge on any atom is 0.267 e. The summed E-state index contributed by atoms with van der Waals surface area (Å²) >= 11 is 0. The lowest BCUT2D eigenvalue weighted by Crippen LogP contribution is -2.51. The molecule has 0 radical (unpaired) electrons. The molecular weight excluding hydrogens is 342 g/mol. The minimum absolute atomic E-state index is 0.0599. The van der Waals surface area contributed by atoms with Crippen LogP contribution < -0.4 is 5.56 Å². The molecule has 3 aliphatic rings. The van der Waals surface area contributed by atoms with Gasteiger partial charge in [0.05, 0.1) is 31.1 Å². The third kappa shape index (κ3) is 3.23. The van der Waals surface area contributed by atoms with E-state index in [0.29, 0.717) is 5.92 Å². The average Bonchev–Trinajstić information content (AvgIpc) is 3.02. The zero-order chi connectivity index (χ0) is 18.4. The van der Waals surface area contributed by atoms with Crippen molar-refractivity contribution >= 4 is 0 Å². The summed E-state index contributed by atoms with van der Waals surface area (Å²) in [5, 5.41) is 9.04. The Morgan fingerprint density at radius 3 is 2.93 bits per heavy atom. The molecule has 144 valence electrons. The van der Waals surface area contributed by atoms with Crippen LogP contribution in [-0.2, 0) is 37.6 Å². The van der Waals surface area contributed by atoms with E-state index in [4.69, 9.17) is 4.74 Å². The largest absolute Gasteiger partial charge is 0.372 e. The molecule has 1 fully saturated rings. The van der Waals surface area contributed by atoms with Gasteiger partial charge in [0.25, 0.3) is 5.56 Å². The van der Waals surface area contributed by atoms with Crippen molar-refractivity contribution in [1.29, 1.82) is 0 Å². The lowest BCUT2D eigenvalue weighted by Gasteiger charge is -2.41. The molecule has 0 spiro atoms. The van der Waals surface area contributed by atoms with Gasteiger partial charge in [0.1, 0.15) is 0 Å². The zero-order valence-electron chi connectivity index (χ0n) is 15.9. The summed E-state index contributed by atoms with van der Waals surface area (Å²) in [6, 6.07) is 1.82. The van der Waals surface area contributed by atoms with Gasteiger partial charge in [0.15, 0.2) is 0 Å².